The highest BCUT2D eigenvalue weighted by molar-refractivity contribution is 7.09. The van der Waals surface area contributed by atoms with E-state index in [2.05, 4.69) is 18.8 Å². The van der Waals surface area contributed by atoms with Gasteiger partial charge in [-0.1, -0.05) is 26.7 Å². The number of hydrogen-bond acceptors (Lipinski definition) is 3. The quantitative estimate of drug-likeness (QED) is 0.889. The molecule has 2 atom stereocenters. The van der Waals surface area contributed by atoms with Crippen molar-refractivity contribution in [3.8, 4) is 0 Å². The van der Waals surface area contributed by atoms with Crippen LogP contribution < -0.4 is 5.73 Å². The lowest BCUT2D eigenvalue weighted by Gasteiger charge is -2.38. The van der Waals surface area contributed by atoms with E-state index >= 15 is 0 Å². The minimum absolute atomic E-state index is 0.0321. The molecular formula is C14H24N2S. The van der Waals surface area contributed by atoms with Crippen LogP contribution in [-0.4, -0.2) is 10.5 Å². The molecule has 0 aromatic carbocycles. The van der Waals surface area contributed by atoms with E-state index in [1.807, 2.05) is 11.7 Å². The third kappa shape index (κ3) is 3.78. The largest absolute Gasteiger partial charge is 0.325 e. The van der Waals surface area contributed by atoms with E-state index in [4.69, 9.17) is 5.73 Å². The van der Waals surface area contributed by atoms with Gasteiger partial charge in [0.1, 0.15) is 0 Å². The van der Waals surface area contributed by atoms with Crippen LogP contribution in [0.1, 0.15) is 50.8 Å². The summed E-state index contributed by atoms with van der Waals surface area (Å²) in [6, 6.07) is 0. The van der Waals surface area contributed by atoms with Crippen molar-refractivity contribution in [3.63, 3.8) is 0 Å². The van der Waals surface area contributed by atoms with Gasteiger partial charge in [-0.05, 0) is 31.1 Å². The minimum Gasteiger partial charge on any atom is -0.325 e. The SMILES string of the molecule is CC(C)CC1CCCC(N)(Cc2cncs2)C1. The van der Waals surface area contributed by atoms with E-state index in [0.29, 0.717) is 0 Å². The molecule has 1 aliphatic rings. The molecule has 0 spiro atoms. The van der Waals surface area contributed by atoms with Crippen molar-refractivity contribution in [3.05, 3.63) is 16.6 Å². The van der Waals surface area contributed by atoms with Crippen LogP contribution in [0.3, 0.4) is 0 Å². The fourth-order valence-electron chi connectivity index (χ4n) is 3.23. The Balaban J connectivity index is 1.94. The average molecular weight is 252 g/mol. The van der Waals surface area contributed by atoms with Crippen LogP contribution in [-0.2, 0) is 6.42 Å². The minimum atomic E-state index is 0.0321. The summed E-state index contributed by atoms with van der Waals surface area (Å²) in [5.74, 6) is 1.63. The maximum absolute atomic E-state index is 6.60. The second-order valence-corrected chi connectivity index (χ2v) is 7.07. The summed E-state index contributed by atoms with van der Waals surface area (Å²) in [6.07, 6.45) is 9.38. The van der Waals surface area contributed by atoms with Gasteiger partial charge in [-0.2, -0.15) is 0 Å². The first kappa shape index (κ1) is 13.0. The van der Waals surface area contributed by atoms with Crippen molar-refractivity contribution in [2.75, 3.05) is 0 Å². The molecule has 1 aromatic heterocycles. The Hall–Kier alpha value is -0.410. The fraction of sp³-hybridized carbons (Fsp3) is 0.786. The van der Waals surface area contributed by atoms with Gasteiger partial charge in [0, 0.05) is 23.0 Å². The highest BCUT2D eigenvalue weighted by Gasteiger charge is 2.33. The third-order valence-electron chi connectivity index (χ3n) is 3.80. The lowest BCUT2D eigenvalue weighted by atomic mass is 9.72. The maximum Gasteiger partial charge on any atom is 0.0794 e. The molecule has 1 saturated carbocycles. The van der Waals surface area contributed by atoms with Crippen LogP contribution in [0.25, 0.3) is 0 Å². The molecule has 0 amide bonds. The van der Waals surface area contributed by atoms with Crippen molar-refractivity contribution in [1.82, 2.24) is 4.98 Å². The Labute approximate surface area is 109 Å². The van der Waals surface area contributed by atoms with Crippen molar-refractivity contribution < 1.29 is 0 Å². The van der Waals surface area contributed by atoms with Crippen LogP contribution in [0.2, 0.25) is 0 Å². The second kappa shape index (κ2) is 5.49. The monoisotopic (exact) mass is 252 g/mol. The Kier molecular flexibility index (Phi) is 4.21. The summed E-state index contributed by atoms with van der Waals surface area (Å²) in [5.41, 5.74) is 8.54. The first-order valence-corrected chi connectivity index (χ1v) is 7.62. The highest BCUT2D eigenvalue weighted by Crippen LogP contribution is 2.36. The Morgan fingerprint density at radius 3 is 3.06 bits per heavy atom. The summed E-state index contributed by atoms with van der Waals surface area (Å²) in [4.78, 5) is 5.49. The molecule has 17 heavy (non-hydrogen) atoms. The number of nitrogens with two attached hydrogens (primary N) is 1. The number of nitrogens with zero attached hydrogens (tertiary/aromatic N) is 1. The normalized spacial score (nSPS) is 29.8. The van der Waals surface area contributed by atoms with Crippen LogP contribution in [0.15, 0.2) is 11.7 Å². The van der Waals surface area contributed by atoms with Gasteiger partial charge in [0.25, 0.3) is 0 Å². The predicted molar refractivity (Wildman–Crippen MR) is 74.1 cm³/mol. The summed E-state index contributed by atoms with van der Waals surface area (Å²) in [6.45, 7) is 4.63. The number of hydrogen-bond donors (Lipinski definition) is 1. The van der Waals surface area contributed by atoms with Gasteiger partial charge in [0.15, 0.2) is 0 Å². The van der Waals surface area contributed by atoms with Crippen molar-refractivity contribution in [1.29, 1.82) is 0 Å². The van der Waals surface area contributed by atoms with Gasteiger partial charge < -0.3 is 5.73 Å². The lowest BCUT2D eigenvalue weighted by molar-refractivity contribution is 0.201. The number of thiazole rings is 1. The van der Waals surface area contributed by atoms with Crippen LogP contribution >= 0.6 is 11.3 Å². The summed E-state index contributed by atoms with van der Waals surface area (Å²) < 4.78 is 0. The molecule has 2 N–H and O–H groups in total. The van der Waals surface area contributed by atoms with E-state index in [0.717, 1.165) is 18.3 Å². The molecule has 1 aliphatic carbocycles. The second-order valence-electron chi connectivity index (χ2n) is 6.10. The smallest absolute Gasteiger partial charge is 0.0794 e. The van der Waals surface area contributed by atoms with E-state index in [1.165, 1.54) is 37.0 Å². The predicted octanol–water partition coefficient (Wildman–Crippen LogP) is 3.62. The van der Waals surface area contributed by atoms with Gasteiger partial charge in [0.2, 0.25) is 0 Å². The summed E-state index contributed by atoms with van der Waals surface area (Å²) in [7, 11) is 0. The molecule has 0 radical (unpaired) electrons. The van der Waals surface area contributed by atoms with Crippen LogP contribution in [0, 0.1) is 11.8 Å². The zero-order valence-electron chi connectivity index (χ0n) is 11.0. The summed E-state index contributed by atoms with van der Waals surface area (Å²) >= 11 is 1.74. The molecule has 1 aromatic rings. The Morgan fingerprint density at radius 2 is 2.41 bits per heavy atom. The van der Waals surface area contributed by atoms with E-state index in [1.54, 1.807) is 11.3 Å². The van der Waals surface area contributed by atoms with E-state index in [9.17, 15) is 0 Å². The third-order valence-corrected chi connectivity index (χ3v) is 4.58. The highest BCUT2D eigenvalue weighted by atomic mass is 32.1. The Morgan fingerprint density at radius 1 is 1.59 bits per heavy atom. The number of aromatic nitrogens is 1. The van der Waals surface area contributed by atoms with E-state index in [-0.39, 0.29) is 5.54 Å². The van der Waals surface area contributed by atoms with Crippen molar-refractivity contribution >= 4 is 11.3 Å². The standard InChI is InChI=1S/C14H24N2S/c1-11(2)6-12-4-3-5-14(15,7-12)8-13-9-16-10-17-13/h9-12H,3-8,15H2,1-2H3. The van der Waals surface area contributed by atoms with Gasteiger partial charge >= 0.3 is 0 Å². The molecule has 96 valence electrons. The van der Waals surface area contributed by atoms with Gasteiger partial charge in [-0.3, -0.25) is 4.98 Å². The van der Waals surface area contributed by atoms with Crippen molar-refractivity contribution in [2.45, 2.75) is 57.9 Å². The zero-order chi connectivity index (χ0) is 12.3. The molecule has 1 heterocycles. The topological polar surface area (TPSA) is 38.9 Å². The summed E-state index contributed by atoms with van der Waals surface area (Å²) in [5, 5.41) is 0. The zero-order valence-corrected chi connectivity index (χ0v) is 11.8. The average Bonchev–Trinajstić information content (AvgIpc) is 2.68. The molecular weight excluding hydrogens is 228 g/mol. The lowest BCUT2D eigenvalue weighted by Crippen LogP contribution is -2.46. The van der Waals surface area contributed by atoms with Gasteiger partial charge in [0.05, 0.1) is 5.51 Å². The van der Waals surface area contributed by atoms with Crippen molar-refractivity contribution in [2.24, 2.45) is 17.6 Å². The van der Waals surface area contributed by atoms with Gasteiger partial charge in [-0.25, -0.2) is 0 Å². The molecule has 2 unspecified atom stereocenters. The molecule has 3 heteroatoms. The maximum atomic E-state index is 6.60. The van der Waals surface area contributed by atoms with E-state index < -0.39 is 0 Å². The molecule has 0 bridgehead atoms. The van der Waals surface area contributed by atoms with Crippen LogP contribution in [0.5, 0.6) is 0 Å². The number of rotatable bonds is 4. The Bertz CT molecular complexity index is 334. The molecule has 1 fully saturated rings. The molecule has 0 aliphatic heterocycles. The first-order valence-electron chi connectivity index (χ1n) is 6.74. The van der Waals surface area contributed by atoms with Crippen LogP contribution in [0.4, 0.5) is 0 Å². The molecule has 2 nitrogen and oxygen atoms in total. The molecule has 0 saturated heterocycles. The molecule has 2 rings (SSSR count). The van der Waals surface area contributed by atoms with Gasteiger partial charge in [-0.15, -0.1) is 11.3 Å². The first-order chi connectivity index (χ1) is 8.07. The fourth-order valence-corrected chi connectivity index (χ4v) is 3.98.